The third-order valence-electron chi connectivity index (χ3n) is 3.23. The van der Waals surface area contributed by atoms with Gasteiger partial charge in [0.2, 0.25) is 0 Å². The fourth-order valence-electron chi connectivity index (χ4n) is 2.17. The summed E-state index contributed by atoms with van der Waals surface area (Å²) in [4.78, 5) is 0. The summed E-state index contributed by atoms with van der Waals surface area (Å²) in [5, 5.41) is 4.27. The van der Waals surface area contributed by atoms with Crippen molar-refractivity contribution in [3.63, 3.8) is 0 Å². The second-order valence-corrected chi connectivity index (χ2v) is 4.21. The highest BCUT2D eigenvalue weighted by molar-refractivity contribution is 5.67. The molecule has 18 heavy (non-hydrogen) atoms. The lowest BCUT2D eigenvalue weighted by atomic mass is 10.0. The van der Waals surface area contributed by atoms with Crippen LogP contribution >= 0.6 is 0 Å². The van der Waals surface area contributed by atoms with Gasteiger partial charge in [-0.25, -0.2) is 0 Å². The van der Waals surface area contributed by atoms with Gasteiger partial charge in [-0.15, -0.1) is 0 Å². The maximum Gasteiger partial charge on any atom is 0.122 e. The zero-order chi connectivity index (χ0) is 13.1. The molecule has 2 N–H and O–H groups in total. The van der Waals surface area contributed by atoms with Crippen molar-refractivity contribution in [1.29, 1.82) is 0 Å². The lowest BCUT2D eigenvalue weighted by Crippen LogP contribution is -2.05. The van der Waals surface area contributed by atoms with Crippen LogP contribution in [0.15, 0.2) is 24.4 Å². The molecule has 0 spiro atoms. The number of aryl methyl sites for hydroxylation is 2. The van der Waals surface area contributed by atoms with Crippen molar-refractivity contribution in [2.24, 2.45) is 12.8 Å². The monoisotopic (exact) mass is 245 g/mol. The van der Waals surface area contributed by atoms with E-state index in [-0.39, 0.29) is 0 Å². The van der Waals surface area contributed by atoms with Crippen molar-refractivity contribution < 1.29 is 4.74 Å². The molecular weight excluding hydrogens is 226 g/mol. The van der Waals surface area contributed by atoms with Crippen LogP contribution in [0.3, 0.4) is 0 Å². The van der Waals surface area contributed by atoms with Gasteiger partial charge < -0.3 is 10.5 Å². The lowest BCUT2D eigenvalue weighted by molar-refractivity contribution is 0.410. The zero-order valence-corrected chi connectivity index (χ0v) is 11.1. The van der Waals surface area contributed by atoms with Gasteiger partial charge in [0.15, 0.2) is 0 Å². The molecule has 1 aromatic carbocycles. The Hall–Kier alpha value is -1.81. The van der Waals surface area contributed by atoms with Gasteiger partial charge in [-0.3, -0.25) is 4.68 Å². The largest absolute Gasteiger partial charge is 0.496 e. The van der Waals surface area contributed by atoms with Gasteiger partial charge in [0.25, 0.3) is 0 Å². The van der Waals surface area contributed by atoms with Gasteiger partial charge in [-0.1, -0.05) is 13.0 Å². The van der Waals surface area contributed by atoms with Crippen LogP contribution in [0.4, 0.5) is 0 Å². The van der Waals surface area contributed by atoms with Crippen molar-refractivity contribution in [3.8, 4) is 16.9 Å². The van der Waals surface area contributed by atoms with Crippen molar-refractivity contribution >= 4 is 0 Å². The van der Waals surface area contributed by atoms with Gasteiger partial charge in [0.1, 0.15) is 5.75 Å². The molecule has 0 aliphatic heterocycles. The molecule has 1 aromatic heterocycles. The van der Waals surface area contributed by atoms with Crippen LogP contribution in [0, 0.1) is 0 Å². The van der Waals surface area contributed by atoms with Crippen LogP contribution < -0.4 is 10.5 Å². The molecule has 0 atom stereocenters. The fourth-order valence-corrected chi connectivity index (χ4v) is 2.17. The Kier molecular flexibility index (Phi) is 3.67. The topological polar surface area (TPSA) is 53.1 Å². The third kappa shape index (κ3) is 2.11. The molecule has 4 nitrogen and oxygen atoms in total. The van der Waals surface area contributed by atoms with E-state index < -0.39 is 0 Å². The predicted molar refractivity (Wildman–Crippen MR) is 72.5 cm³/mol. The lowest BCUT2D eigenvalue weighted by Gasteiger charge is -2.09. The van der Waals surface area contributed by atoms with E-state index in [1.807, 2.05) is 30.1 Å². The minimum absolute atomic E-state index is 0.485. The maximum absolute atomic E-state index is 5.77. The summed E-state index contributed by atoms with van der Waals surface area (Å²) in [5.41, 5.74) is 10.2. The Bertz CT molecular complexity index is 546. The summed E-state index contributed by atoms with van der Waals surface area (Å²) in [6.45, 7) is 2.61. The Morgan fingerprint density at radius 1 is 1.39 bits per heavy atom. The van der Waals surface area contributed by atoms with E-state index in [2.05, 4.69) is 18.1 Å². The molecule has 0 saturated heterocycles. The van der Waals surface area contributed by atoms with Gasteiger partial charge in [-0.05, 0) is 29.7 Å². The van der Waals surface area contributed by atoms with Crippen LogP contribution in [-0.2, 0) is 20.0 Å². The number of benzene rings is 1. The molecule has 96 valence electrons. The Balaban J connectivity index is 2.50. The quantitative estimate of drug-likeness (QED) is 0.897. The van der Waals surface area contributed by atoms with Crippen LogP contribution in [0.5, 0.6) is 5.75 Å². The molecule has 2 aromatic rings. The number of ether oxygens (including phenoxy) is 1. The van der Waals surface area contributed by atoms with E-state index in [1.54, 1.807) is 7.11 Å². The van der Waals surface area contributed by atoms with Gasteiger partial charge in [0, 0.05) is 19.2 Å². The highest BCUT2D eigenvalue weighted by Crippen LogP contribution is 2.28. The number of nitrogens with two attached hydrogens (primary N) is 1. The SMILES string of the molecule is CCc1cc(-c2cnn(C)c2CN)ccc1OC. The van der Waals surface area contributed by atoms with E-state index >= 15 is 0 Å². The standard InChI is InChI=1S/C14H19N3O/c1-4-10-7-11(5-6-14(10)18-3)12-9-16-17(2)13(12)8-15/h5-7,9H,4,8,15H2,1-3H3. The molecule has 0 unspecified atom stereocenters. The molecule has 0 amide bonds. The van der Waals surface area contributed by atoms with Crippen LogP contribution in [0.1, 0.15) is 18.2 Å². The van der Waals surface area contributed by atoms with Crippen molar-refractivity contribution in [2.75, 3.05) is 7.11 Å². The number of hydrogen-bond donors (Lipinski definition) is 1. The molecule has 0 saturated carbocycles. The van der Waals surface area contributed by atoms with E-state index in [1.165, 1.54) is 5.56 Å². The number of nitrogens with zero attached hydrogens (tertiary/aromatic N) is 2. The highest BCUT2D eigenvalue weighted by atomic mass is 16.5. The minimum Gasteiger partial charge on any atom is -0.496 e. The third-order valence-corrected chi connectivity index (χ3v) is 3.23. The van der Waals surface area contributed by atoms with E-state index in [9.17, 15) is 0 Å². The van der Waals surface area contributed by atoms with Crippen molar-refractivity contribution in [2.45, 2.75) is 19.9 Å². The number of rotatable bonds is 4. The first-order chi connectivity index (χ1) is 8.71. The Labute approximate surface area is 107 Å². The number of aromatic nitrogens is 2. The minimum atomic E-state index is 0.485. The summed E-state index contributed by atoms with van der Waals surface area (Å²) < 4.78 is 7.17. The maximum atomic E-state index is 5.77. The molecule has 1 heterocycles. The van der Waals surface area contributed by atoms with Crippen LogP contribution in [0.2, 0.25) is 0 Å². The molecule has 0 radical (unpaired) electrons. The second-order valence-electron chi connectivity index (χ2n) is 4.21. The highest BCUT2D eigenvalue weighted by Gasteiger charge is 2.11. The normalized spacial score (nSPS) is 10.7. The van der Waals surface area contributed by atoms with Gasteiger partial charge in [-0.2, -0.15) is 5.10 Å². The summed E-state index contributed by atoms with van der Waals surface area (Å²) >= 11 is 0. The average molecular weight is 245 g/mol. The summed E-state index contributed by atoms with van der Waals surface area (Å²) in [7, 11) is 3.61. The molecule has 0 fully saturated rings. The molecular formula is C14H19N3O. The van der Waals surface area contributed by atoms with E-state index in [0.29, 0.717) is 6.54 Å². The van der Waals surface area contributed by atoms with Crippen LogP contribution in [0.25, 0.3) is 11.1 Å². The summed E-state index contributed by atoms with van der Waals surface area (Å²) in [6.07, 6.45) is 2.80. The predicted octanol–water partition coefficient (Wildman–Crippen LogP) is 2.12. The molecule has 0 aliphatic rings. The van der Waals surface area contributed by atoms with Gasteiger partial charge in [0.05, 0.1) is 19.0 Å². The number of hydrogen-bond acceptors (Lipinski definition) is 3. The fraction of sp³-hybridized carbons (Fsp3) is 0.357. The average Bonchev–Trinajstić information content (AvgIpc) is 2.78. The first-order valence-corrected chi connectivity index (χ1v) is 6.09. The zero-order valence-electron chi connectivity index (χ0n) is 11.1. The van der Waals surface area contributed by atoms with E-state index in [4.69, 9.17) is 10.5 Å². The Morgan fingerprint density at radius 2 is 2.17 bits per heavy atom. The molecule has 0 bridgehead atoms. The van der Waals surface area contributed by atoms with Crippen LogP contribution in [-0.4, -0.2) is 16.9 Å². The van der Waals surface area contributed by atoms with Gasteiger partial charge >= 0.3 is 0 Å². The van der Waals surface area contributed by atoms with Crippen molar-refractivity contribution in [3.05, 3.63) is 35.7 Å². The summed E-state index contributed by atoms with van der Waals surface area (Å²) in [5.74, 6) is 0.930. The molecule has 0 aliphatic carbocycles. The second kappa shape index (κ2) is 5.23. The number of methoxy groups -OCH3 is 1. The smallest absolute Gasteiger partial charge is 0.122 e. The summed E-state index contributed by atoms with van der Waals surface area (Å²) in [6, 6.07) is 6.20. The first kappa shape index (κ1) is 12.6. The molecule has 2 rings (SSSR count). The Morgan fingerprint density at radius 3 is 2.78 bits per heavy atom. The van der Waals surface area contributed by atoms with Crippen molar-refractivity contribution in [1.82, 2.24) is 9.78 Å². The first-order valence-electron chi connectivity index (χ1n) is 6.09. The molecule has 4 heteroatoms. The van der Waals surface area contributed by atoms with E-state index in [0.717, 1.165) is 29.0 Å².